The number of alkyl halides is 1. The first-order valence-corrected chi connectivity index (χ1v) is 6.62. The molecule has 114 valence electrons. The number of aliphatic carboxylic acids is 1. The van der Waals surface area contributed by atoms with E-state index in [4.69, 9.17) is 21.4 Å². The van der Waals surface area contributed by atoms with E-state index in [1.165, 1.54) is 25.1 Å². The molecule has 2 unspecified atom stereocenters. The summed E-state index contributed by atoms with van der Waals surface area (Å²) in [4.78, 5) is 34.5. The van der Waals surface area contributed by atoms with E-state index >= 15 is 0 Å². The van der Waals surface area contributed by atoms with Crippen molar-refractivity contribution in [2.75, 3.05) is 6.61 Å². The second kappa shape index (κ2) is 7.19. The summed E-state index contributed by atoms with van der Waals surface area (Å²) in [6, 6.07) is 3.63. The number of carboxylic acids is 1. The number of ether oxygens (including phenoxy) is 1. The summed E-state index contributed by atoms with van der Waals surface area (Å²) in [5.74, 6) is -2.69. The molecule has 6 nitrogen and oxygen atoms in total. The van der Waals surface area contributed by atoms with Crippen molar-refractivity contribution in [1.82, 2.24) is 0 Å². The fourth-order valence-corrected chi connectivity index (χ4v) is 1.78. The average Bonchev–Trinajstić information content (AvgIpc) is 2.45. The lowest BCUT2D eigenvalue weighted by molar-refractivity contribution is -0.146. The van der Waals surface area contributed by atoms with Crippen molar-refractivity contribution in [1.29, 1.82) is 0 Å². The van der Waals surface area contributed by atoms with Crippen molar-refractivity contribution >= 4 is 29.3 Å². The smallest absolute Gasteiger partial charge is 0.338 e. The standard InChI is InChI=1S/C14H15ClO6/c1-3-21-14(20)10-5-8(11(16)7(2)15)4-9(6-10)12(17)13(18)19/h4-7,12,17H,3H2,1-2H3,(H,18,19). The monoisotopic (exact) mass is 314 g/mol. The number of hydrogen-bond acceptors (Lipinski definition) is 5. The van der Waals surface area contributed by atoms with Crippen molar-refractivity contribution < 1.29 is 29.3 Å². The molecule has 1 aromatic carbocycles. The number of carboxylic acid groups (broad SMARTS) is 1. The Morgan fingerprint density at radius 3 is 2.29 bits per heavy atom. The van der Waals surface area contributed by atoms with E-state index in [0.29, 0.717) is 0 Å². The minimum Gasteiger partial charge on any atom is -0.479 e. The second-order valence-electron chi connectivity index (χ2n) is 4.29. The Morgan fingerprint density at radius 1 is 1.24 bits per heavy atom. The van der Waals surface area contributed by atoms with Gasteiger partial charge in [-0.05, 0) is 37.6 Å². The first-order chi connectivity index (χ1) is 9.77. The maximum Gasteiger partial charge on any atom is 0.338 e. The first-order valence-electron chi connectivity index (χ1n) is 6.19. The highest BCUT2D eigenvalue weighted by atomic mass is 35.5. The van der Waals surface area contributed by atoms with Gasteiger partial charge in [0.2, 0.25) is 0 Å². The Labute approximate surface area is 126 Å². The average molecular weight is 315 g/mol. The van der Waals surface area contributed by atoms with Crippen molar-refractivity contribution in [2.24, 2.45) is 0 Å². The number of ketones is 1. The Balaban J connectivity index is 3.35. The number of aliphatic hydroxyl groups excluding tert-OH is 1. The van der Waals surface area contributed by atoms with Crippen LogP contribution in [0.25, 0.3) is 0 Å². The summed E-state index contributed by atoms with van der Waals surface area (Å²) >= 11 is 5.71. The number of esters is 1. The number of aliphatic hydroxyl groups is 1. The molecule has 0 amide bonds. The Kier molecular flexibility index (Phi) is 5.87. The SMILES string of the molecule is CCOC(=O)c1cc(C(=O)C(C)Cl)cc(C(O)C(=O)O)c1. The number of rotatable bonds is 6. The zero-order valence-electron chi connectivity index (χ0n) is 11.5. The van der Waals surface area contributed by atoms with Crippen molar-refractivity contribution in [2.45, 2.75) is 25.3 Å². The second-order valence-corrected chi connectivity index (χ2v) is 4.94. The molecule has 0 aliphatic rings. The predicted octanol–water partition coefficient (Wildman–Crippen LogP) is 1.79. The van der Waals surface area contributed by atoms with E-state index in [-0.39, 0.29) is 23.3 Å². The highest BCUT2D eigenvalue weighted by molar-refractivity contribution is 6.33. The molecule has 0 bridgehead atoms. The minimum atomic E-state index is -1.85. The highest BCUT2D eigenvalue weighted by Crippen LogP contribution is 2.20. The molecule has 0 spiro atoms. The van der Waals surface area contributed by atoms with Gasteiger partial charge in [-0.2, -0.15) is 0 Å². The van der Waals surface area contributed by atoms with E-state index in [1.54, 1.807) is 6.92 Å². The molecular weight excluding hydrogens is 300 g/mol. The van der Waals surface area contributed by atoms with Gasteiger partial charge < -0.3 is 14.9 Å². The van der Waals surface area contributed by atoms with Gasteiger partial charge in [-0.3, -0.25) is 4.79 Å². The summed E-state index contributed by atoms with van der Waals surface area (Å²) < 4.78 is 4.81. The van der Waals surface area contributed by atoms with Gasteiger partial charge in [0.15, 0.2) is 11.9 Å². The molecule has 0 saturated carbocycles. The van der Waals surface area contributed by atoms with Gasteiger partial charge in [0, 0.05) is 5.56 Å². The van der Waals surface area contributed by atoms with Crippen LogP contribution in [0, 0.1) is 0 Å². The van der Waals surface area contributed by atoms with Crippen LogP contribution in [0.15, 0.2) is 18.2 Å². The Hall–Kier alpha value is -1.92. The molecule has 1 rings (SSSR count). The zero-order chi connectivity index (χ0) is 16.2. The minimum absolute atomic E-state index is 0.0182. The zero-order valence-corrected chi connectivity index (χ0v) is 12.3. The van der Waals surface area contributed by atoms with E-state index < -0.39 is 29.2 Å². The van der Waals surface area contributed by atoms with Crippen LogP contribution < -0.4 is 0 Å². The summed E-state index contributed by atoms with van der Waals surface area (Å²) in [5, 5.41) is 17.6. The third-order valence-electron chi connectivity index (χ3n) is 2.66. The van der Waals surface area contributed by atoms with Crippen LogP contribution >= 0.6 is 11.6 Å². The lowest BCUT2D eigenvalue weighted by Gasteiger charge is -2.11. The Bertz CT molecular complexity index is 567. The van der Waals surface area contributed by atoms with Crippen molar-refractivity contribution in [3.05, 3.63) is 34.9 Å². The fourth-order valence-electron chi connectivity index (χ4n) is 1.66. The first kappa shape index (κ1) is 17.1. The van der Waals surface area contributed by atoms with E-state index in [2.05, 4.69) is 0 Å². The number of Topliss-reactive ketones (excluding diaryl/α,β-unsaturated/α-hetero) is 1. The molecule has 0 fully saturated rings. The highest BCUT2D eigenvalue weighted by Gasteiger charge is 2.22. The number of halogens is 1. The van der Waals surface area contributed by atoms with Gasteiger partial charge >= 0.3 is 11.9 Å². The molecule has 1 aromatic rings. The molecular formula is C14H15ClO6. The number of carbonyl (C=O) groups is 3. The van der Waals surface area contributed by atoms with Gasteiger partial charge in [-0.25, -0.2) is 9.59 Å². The third-order valence-corrected chi connectivity index (χ3v) is 2.86. The Morgan fingerprint density at radius 2 is 1.81 bits per heavy atom. The fraction of sp³-hybridized carbons (Fsp3) is 0.357. The number of hydrogen-bond donors (Lipinski definition) is 2. The molecule has 0 saturated heterocycles. The van der Waals surface area contributed by atoms with Crippen LogP contribution in [0.2, 0.25) is 0 Å². The van der Waals surface area contributed by atoms with Gasteiger partial charge in [0.05, 0.1) is 17.5 Å². The number of benzene rings is 1. The molecule has 0 aliphatic heterocycles. The van der Waals surface area contributed by atoms with Gasteiger partial charge in [-0.15, -0.1) is 11.6 Å². The van der Waals surface area contributed by atoms with Crippen molar-refractivity contribution in [3.8, 4) is 0 Å². The summed E-state index contributed by atoms with van der Waals surface area (Å²) in [6.07, 6.45) is -1.85. The van der Waals surface area contributed by atoms with Crippen molar-refractivity contribution in [3.63, 3.8) is 0 Å². The third kappa shape index (κ3) is 4.27. The summed E-state index contributed by atoms with van der Waals surface area (Å²) in [7, 11) is 0. The van der Waals surface area contributed by atoms with Crippen LogP contribution in [0.4, 0.5) is 0 Å². The quantitative estimate of drug-likeness (QED) is 0.471. The molecule has 0 heterocycles. The molecule has 0 radical (unpaired) electrons. The summed E-state index contributed by atoms with van der Waals surface area (Å²) in [6.45, 7) is 3.19. The molecule has 0 aromatic heterocycles. The van der Waals surface area contributed by atoms with Gasteiger partial charge in [0.25, 0.3) is 0 Å². The topological polar surface area (TPSA) is 101 Å². The van der Waals surface area contributed by atoms with E-state index in [1.807, 2.05) is 0 Å². The predicted molar refractivity (Wildman–Crippen MR) is 74.6 cm³/mol. The van der Waals surface area contributed by atoms with Crippen LogP contribution in [0.5, 0.6) is 0 Å². The molecule has 2 N–H and O–H groups in total. The molecule has 21 heavy (non-hydrogen) atoms. The maximum absolute atomic E-state index is 11.9. The summed E-state index contributed by atoms with van der Waals surface area (Å²) in [5.41, 5.74) is -0.0672. The van der Waals surface area contributed by atoms with Crippen LogP contribution in [0.3, 0.4) is 0 Å². The van der Waals surface area contributed by atoms with E-state index in [0.717, 1.165) is 0 Å². The molecule has 7 heteroatoms. The van der Waals surface area contributed by atoms with Crippen LogP contribution in [-0.2, 0) is 9.53 Å². The van der Waals surface area contributed by atoms with Gasteiger partial charge in [0.1, 0.15) is 0 Å². The molecule has 2 atom stereocenters. The number of carbonyl (C=O) groups excluding carboxylic acids is 2. The van der Waals surface area contributed by atoms with Crippen LogP contribution in [0.1, 0.15) is 46.2 Å². The van der Waals surface area contributed by atoms with E-state index in [9.17, 15) is 19.5 Å². The van der Waals surface area contributed by atoms with Gasteiger partial charge in [-0.1, -0.05) is 0 Å². The normalized spacial score (nSPS) is 13.3. The lowest BCUT2D eigenvalue weighted by Crippen LogP contribution is -2.16. The molecule has 0 aliphatic carbocycles. The lowest BCUT2D eigenvalue weighted by atomic mass is 9.98. The largest absolute Gasteiger partial charge is 0.479 e. The maximum atomic E-state index is 11.9. The van der Waals surface area contributed by atoms with Crippen LogP contribution in [-0.4, -0.2) is 39.9 Å².